The molecule has 0 saturated heterocycles. The van der Waals surface area contributed by atoms with E-state index in [2.05, 4.69) is 31.3 Å². The van der Waals surface area contributed by atoms with Crippen molar-refractivity contribution < 1.29 is 0 Å². The normalized spacial score (nSPS) is 20.1. The number of nitrogens with one attached hydrogen (secondary N) is 1. The Labute approximate surface area is 85.5 Å². The highest BCUT2D eigenvalue weighted by Crippen LogP contribution is 2.34. The van der Waals surface area contributed by atoms with Crippen LogP contribution in [-0.2, 0) is 0 Å². The van der Waals surface area contributed by atoms with Gasteiger partial charge in [0.1, 0.15) is 0 Å². The molecule has 2 rings (SSSR count). The fourth-order valence-corrected chi connectivity index (χ4v) is 2.34. The highest BCUT2D eigenvalue weighted by Gasteiger charge is 2.19. The van der Waals surface area contributed by atoms with Crippen molar-refractivity contribution in [3.05, 3.63) is 28.8 Å². The second-order valence-electron chi connectivity index (χ2n) is 4.19. The highest BCUT2D eigenvalue weighted by molar-refractivity contribution is 5.61. The lowest BCUT2D eigenvalue weighted by atomic mass is 9.88. The van der Waals surface area contributed by atoms with E-state index in [4.69, 9.17) is 5.73 Å². The standard InChI is InChI=1S/C12H18N2/c1-8-5-9(2)12-11(6-8)10(7-13)3-4-14-12/h5-6,10,14H,3-4,7,13H2,1-2H3. The van der Waals surface area contributed by atoms with E-state index < -0.39 is 0 Å². The van der Waals surface area contributed by atoms with E-state index in [0.717, 1.165) is 19.5 Å². The summed E-state index contributed by atoms with van der Waals surface area (Å²) in [6.45, 7) is 6.13. The van der Waals surface area contributed by atoms with E-state index >= 15 is 0 Å². The molecule has 1 aromatic carbocycles. The van der Waals surface area contributed by atoms with Gasteiger partial charge < -0.3 is 11.1 Å². The Kier molecular flexibility index (Phi) is 2.46. The molecule has 0 aliphatic carbocycles. The van der Waals surface area contributed by atoms with Gasteiger partial charge in [0.15, 0.2) is 0 Å². The monoisotopic (exact) mass is 190 g/mol. The summed E-state index contributed by atoms with van der Waals surface area (Å²) in [5.74, 6) is 0.546. The zero-order valence-electron chi connectivity index (χ0n) is 8.93. The summed E-state index contributed by atoms with van der Waals surface area (Å²) in [4.78, 5) is 0. The van der Waals surface area contributed by atoms with Gasteiger partial charge in [-0.2, -0.15) is 0 Å². The molecular formula is C12H18N2. The van der Waals surface area contributed by atoms with Gasteiger partial charge in [-0.3, -0.25) is 0 Å². The summed E-state index contributed by atoms with van der Waals surface area (Å²) in [6, 6.07) is 4.50. The van der Waals surface area contributed by atoms with E-state index in [9.17, 15) is 0 Å². The van der Waals surface area contributed by atoms with Crippen molar-refractivity contribution in [2.24, 2.45) is 5.73 Å². The Morgan fingerprint density at radius 2 is 2.21 bits per heavy atom. The second-order valence-corrected chi connectivity index (χ2v) is 4.19. The molecule has 1 aliphatic heterocycles. The van der Waals surface area contributed by atoms with Gasteiger partial charge in [0.2, 0.25) is 0 Å². The summed E-state index contributed by atoms with van der Waals surface area (Å²) in [5, 5.41) is 3.47. The average molecular weight is 190 g/mol. The summed E-state index contributed by atoms with van der Waals surface area (Å²) in [7, 11) is 0. The van der Waals surface area contributed by atoms with E-state index in [1.54, 1.807) is 0 Å². The van der Waals surface area contributed by atoms with Crippen LogP contribution in [0.4, 0.5) is 5.69 Å². The Morgan fingerprint density at radius 1 is 1.43 bits per heavy atom. The van der Waals surface area contributed by atoms with Crippen molar-refractivity contribution in [1.82, 2.24) is 0 Å². The maximum Gasteiger partial charge on any atom is 0.0405 e. The molecule has 0 saturated carbocycles. The van der Waals surface area contributed by atoms with Crippen LogP contribution in [0.5, 0.6) is 0 Å². The van der Waals surface area contributed by atoms with Crippen molar-refractivity contribution in [2.45, 2.75) is 26.2 Å². The third-order valence-corrected chi connectivity index (χ3v) is 3.03. The van der Waals surface area contributed by atoms with Crippen LogP contribution in [0.15, 0.2) is 12.1 Å². The second kappa shape index (κ2) is 3.62. The van der Waals surface area contributed by atoms with Crippen LogP contribution >= 0.6 is 0 Å². The predicted octanol–water partition coefficient (Wildman–Crippen LogP) is 2.16. The maximum atomic E-state index is 5.79. The molecule has 0 spiro atoms. The number of aryl methyl sites for hydroxylation is 2. The maximum absolute atomic E-state index is 5.79. The van der Waals surface area contributed by atoms with E-state index in [1.165, 1.54) is 22.4 Å². The zero-order valence-corrected chi connectivity index (χ0v) is 8.93. The topological polar surface area (TPSA) is 38.0 Å². The number of nitrogens with two attached hydrogens (primary N) is 1. The van der Waals surface area contributed by atoms with Gasteiger partial charge in [0.25, 0.3) is 0 Å². The van der Waals surface area contributed by atoms with Crippen LogP contribution in [0, 0.1) is 13.8 Å². The number of hydrogen-bond acceptors (Lipinski definition) is 2. The van der Waals surface area contributed by atoms with Crippen molar-refractivity contribution in [3.63, 3.8) is 0 Å². The third-order valence-electron chi connectivity index (χ3n) is 3.03. The van der Waals surface area contributed by atoms with Crippen molar-refractivity contribution in [3.8, 4) is 0 Å². The number of anilines is 1. The largest absolute Gasteiger partial charge is 0.385 e. The molecule has 0 amide bonds. The van der Waals surface area contributed by atoms with Gasteiger partial charge in [-0.05, 0) is 43.9 Å². The van der Waals surface area contributed by atoms with E-state index in [1.807, 2.05) is 0 Å². The van der Waals surface area contributed by atoms with Crippen LogP contribution in [0.3, 0.4) is 0 Å². The molecular weight excluding hydrogens is 172 g/mol. The Balaban J connectivity index is 2.51. The molecule has 0 radical (unpaired) electrons. The molecule has 0 aromatic heterocycles. The molecule has 2 heteroatoms. The van der Waals surface area contributed by atoms with Crippen molar-refractivity contribution in [2.75, 3.05) is 18.4 Å². The lowest BCUT2D eigenvalue weighted by molar-refractivity contribution is 0.635. The van der Waals surface area contributed by atoms with Crippen LogP contribution < -0.4 is 11.1 Å². The van der Waals surface area contributed by atoms with Gasteiger partial charge in [0, 0.05) is 12.2 Å². The lowest BCUT2D eigenvalue weighted by Gasteiger charge is -2.27. The summed E-state index contributed by atoms with van der Waals surface area (Å²) in [5.41, 5.74) is 11.2. The molecule has 1 aromatic rings. The Morgan fingerprint density at radius 3 is 2.93 bits per heavy atom. The molecule has 3 N–H and O–H groups in total. The number of hydrogen-bond donors (Lipinski definition) is 2. The van der Waals surface area contributed by atoms with Crippen LogP contribution in [0.25, 0.3) is 0 Å². The Bertz CT molecular complexity index is 344. The highest BCUT2D eigenvalue weighted by atomic mass is 14.9. The minimum atomic E-state index is 0.546. The summed E-state index contributed by atoms with van der Waals surface area (Å²) in [6.07, 6.45) is 1.16. The fraction of sp³-hybridized carbons (Fsp3) is 0.500. The molecule has 1 atom stereocenters. The number of benzene rings is 1. The molecule has 1 aliphatic rings. The van der Waals surface area contributed by atoms with Crippen LogP contribution in [0.2, 0.25) is 0 Å². The third kappa shape index (κ3) is 1.50. The fourth-order valence-electron chi connectivity index (χ4n) is 2.34. The smallest absolute Gasteiger partial charge is 0.0405 e. The van der Waals surface area contributed by atoms with Crippen molar-refractivity contribution >= 4 is 5.69 Å². The van der Waals surface area contributed by atoms with Gasteiger partial charge in [-0.1, -0.05) is 17.7 Å². The zero-order chi connectivity index (χ0) is 10.1. The quantitative estimate of drug-likeness (QED) is 0.712. The van der Waals surface area contributed by atoms with Crippen LogP contribution in [0.1, 0.15) is 29.0 Å². The molecule has 14 heavy (non-hydrogen) atoms. The minimum Gasteiger partial charge on any atom is -0.385 e. The molecule has 0 fully saturated rings. The summed E-state index contributed by atoms with van der Waals surface area (Å²) < 4.78 is 0. The van der Waals surface area contributed by atoms with E-state index in [0.29, 0.717) is 5.92 Å². The predicted molar refractivity (Wildman–Crippen MR) is 60.8 cm³/mol. The number of rotatable bonds is 1. The first-order valence-electron chi connectivity index (χ1n) is 5.27. The Hall–Kier alpha value is -1.02. The molecule has 76 valence electrons. The van der Waals surface area contributed by atoms with E-state index in [-0.39, 0.29) is 0 Å². The first kappa shape index (κ1) is 9.53. The minimum absolute atomic E-state index is 0.546. The number of fused-ring (bicyclic) bond motifs is 1. The first-order valence-corrected chi connectivity index (χ1v) is 5.27. The molecule has 1 unspecified atom stereocenters. The molecule has 1 heterocycles. The van der Waals surface area contributed by atoms with Gasteiger partial charge in [-0.15, -0.1) is 0 Å². The summed E-state index contributed by atoms with van der Waals surface area (Å²) >= 11 is 0. The SMILES string of the molecule is Cc1cc(C)c2c(c1)C(CN)CCN2. The van der Waals surface area contributed by atoms with Gasteiger partial charge >= 0.3 is 0 Å². The van der Waals surface area contributed by atoms with Crippen molar-refractivity contribution in [1.29, 1.82) is 0 Å². The molecule has 0 bridgehead atoms. The lowest BCUT2D eigenvalue weighted by Crippen LogP contribution is -2.23. The van der Waals surface area contributed by atoms with Gasteiger partial charge in [-0.25, -0.2) is 0 Å². The first-order chi connectivity index (χ1) is 6.72. The average Bonchev–Trinajstić information content (AvgIpc) is 2.17. The van der Waals surface area contributed by atoms with Crippen LogP contribution in [-0.4, -0.2) is 13.1 Å². The van der Waals surface area contributed by atoms with Gasteiger partial charge in [0.05, 0.1) is 0 Å². The molecule has 2 nitrogen and oxygen atoms in total.